The van der Waals surface area contributed by atoms with Crippen molar-refractivity contribution in [2.45, 2.75) is 19.3 Å². The lowest BCUT2D eigenvalue weighted by atomic mass is 10.2. The fraction of sp³-hybridized carbons (Fsp3) is 0.417. The maximum Gasteiger partial charge on any atom is 0.337 e. The lowest BCUT2D eigenvalue weighted by molar-refractivity contribution is 0.0697. The van der Waals surface area contributed by atoms with Gasteiger partial charge in [-0.2, -0.15) is 12.7 Å². The maximum atomic E-state index is 13.0. The highest BCUT2D eigenvalue weighted by Gasteiger charge is 2.25. The van der Waals surface area contributed by atoms with Crippen molar-refractivity contribution in [2.24, 2.45) is 0 Å². The molecule has 1 aliphatic heterocycles. The van der Waals surface area contributed by atoms with Gasteiger partial charge >= 0.3 is 16.2 Å². The molecule has 1 aliphatic rings. The van der Waals surface area contributed by atoms with Gasteiger partial charge in [-0.25, -0.2) is 9.18 Å². The Morgan fingerprint density at radius 1 is 1.25 bits per heavy atom. The van der Waals surface area contributed by atoms with Crippen molar-refractivity contribution in [1.29, 1.82) is 0 Å². The van der Waals surface area contributed by atoms with Crippen LogP contribution in [0.4, 0.5) is 10.1 Å². The molecule has 1 saturated heterocycles. The topological polar surface area (TPSA) is 86.7 Å². The zero-order valence-electron chi connectivity index (χ0n) is 10.7. The second-order valence-corrected chi connectivity index (χ2v) is 6.23. The van der Waals surface area contributed by atoms with Crippen molar-refractivity contribution in [1.82, 2.24) is 4.31 Å². The number of benzene rings is 1. The minimum Gasteiger partial charge on any atom is -0.478 e. The Morgan fingerprint density at radius 2 is 1.90 bits per heavy atom. The molecule has 6 nitrogen and oxygen atoms in total. The minimum atomic E-state index is -3.81. The molecule has 0 aromatic heterocycles. The molecular formula is C12H15FN2O4S. The fourth-order valence-electron chi connectivity index (χ4n) is 2.09. The number of carboxylic acid groups (broad SMARTS) is 1. The van der Waals surface area contributed by atoms with E-state index in [2.05, 4.69) is 4.72 Å². The molecule has 8 heteroatoms. The number of piperidine rings is 1. The number of aromatic carboxylic acids is 1. The van der Waals surface area contributed by atoms with Crippen LogP contribution in [0, 0.1) is 5.82 Å². The van der Waals surface area contributed by atoms with Crippen molar-refractivity contribution >= 4 is 21.9 Å². The van der Waals surface area contributed by atoms with E-state index in [4.69, 9.17) is 5.11 Å². The molecule has 1 fully saturated rings. The second-order valence-electron chi connectivity index (χ2n) is 4.56. The smallest absolute Gasteiger partial charge is 0.337 e. The largest absolute Gasteiger partial charge is 0.478 e. The van der Waals surface area contributed by atoms with Crippen LogP contribution in [0.2, 0.25) is 0 Å². The van der Waals surface area contributed by atoms with E-state index in [-0.39, 0.29) is 5.69 Å². The van der Waals surface area contributed by atoms with Crippen LogP contribution in [0.15, 0.2) is 18.2 Å². The van der Waals surface area contributed by atoms with E-state index in [1.807, 2.05) is 0 Å². The van der Waals surface area contributed by atoms with Gasteiger partial charge in [0.05, 0.1) is 11.3 Å². The predicted octanol–water partition coefficient (Wildman–Crippen LogP) is 1.67. The van der Waals surface area contributed by atoms with E-state index >= 15 is 0 Å². The Labute approximate surface area is 116 Å². The quantitative estimate of drug-likeness (QED) is 0.885. The number of nitrogens with one attached hydrogen (secondary N) is 1. The number of hydrogen-bond donors (Lipinski definition) is 2. The Morgan fingerprint density at radius 3 is 2.50 bits per heavy atom. The summed E-state index contributed by atoms with van der Waals surface area (Å²) < 4.78 is 40.8. The summed E-state index contributed by atoms with van der Waals surface area (Å²) >= 11 is 0. The number of rotatable bonds is 4. The average Bonchev–Trinajstić information content (AvgIpc) is 2.41. The van der Waals surface area contributed by atoms with Crippen molar-refractivity contribution in [3.63, 3.8) is 0 Å². The Balaban J connectivity index is 2.27. The Hall–Kier alpha value is -1.67. The summed E-state index contributed by atoms with van der Waals surface area (Å²) in [6, 6.07) is 2.91. The summed E-state index contributed by atoms with van der Waals surface area (Å²) in [5.41, 5.74) is -0.546. The van der Waals surface area contributed by atoms with Crippen molar-refractivity contribution in [2.75, 3.05) is 17.8 Å². The van der Waals surface area contributed by atoms with Gasteiger partial charge in [-0.05, 0) is 31.0 Å². The third-order valence-corrected chi connectivity index (χ3v) is 4.63. The van der Waals surface area contributed by atoms with Crippen LogP contribution in [0.3, 0.4) is 0 Å². The van der Waals surface area contributed by atoms with Gasteiger partial charge in [-0.15, -0.1) is 0 Å². The molecule has 20 heavy (non-hydrogen) atoms. The van der Waals surface area contributed by atoms with E-state index in [0.717, 1.165) is 37.5 Å². The third-order valence-electron chi connectivity index (χ3n) is 3.11. The van der Waals surface area contributed by atoms with Gasteiger partial charge in [0.1, 0.15) is 5.82 Å². The average molecular weight is 302 g/mol. The molecule has 0 radical (unpaired) electrons. The number of hydrogen-bond acceptors (Lipinski definition) is 3. The van der Waals surface area contributed by atoms with Crippen molar-refractivity contribution in [3.8, 4) is 0 Å². The summed E-state index contributed by atoms with van der Waals surface area (Å²) in [5, 5.41) is 8.98. The standard InChI is InChI=1S/C12H15FN2O4S/c13-9-4-5-11(10(8-9)12(16)17)14-20(18,19)15-6-2-1-3-7-15/h4-5,8,14H,1-3,6-7H2,(H,16,17). The van der Waals surface area contributed by atoms with Crippen LogP contribution in [0.25, 0.3) is 0 Å². The first-order valence-corrected chi connectivity index (χ1v) is 7.65. The van der Waals surface area contributed by atoms with Gasteiger partial charge in [0, 0.05) is 13.1 Å². The number of nitrogens with zero attached hydrogens (tertiary/aromatic N) is 1. The molecule has 0 bridgehead atoms. The van der Waals surface area contributed by atoms with E-state index in [9.17, 15) is 17.6 Å². The summed E-state index contributed by atoms with van der Waals surface area (Å²) in [6.45, 7) is 0.803. The second kappa shape index (κ2) is 5.76. The first kappa shape index (κ1) is 14.7. The van der Waals surface area contributed by atoms with Crippen LogP contribution in [0.5, 0.6) is 0 Å². The Bertz CT molecular complexity index is 612. The van der Waals surface area contributed by atoms with Gasteiger partial charge in [0.2, 0.25) is 0 Å². The number of carboxylic acids is 1. The predicted molar refractivity (Wildman–Crippen MR) is 71.3 cm³/mol. The molecule has 0 spiro atoms. The van der Waals surface area contributed by atoms with Gasteiger partial charge in [0.15, 0.2) is 0 Å². The van der Waals surface area contributed by atoms with Crippen LogP contribution in [0.1, 0.15) is 29.6 Å². The highest BCUT2D eigenvalue weighted by Crippen LogP contribution is 2.21. The zero-order chi connectivity index (χ0) is 14.8. The number of carbonyl (C=O) groups is 1. The van der Waals surface area contributed by atoms with E-state index in [1.54, 1.807) is 0 Å². The molecule has 1 heterocycles. The molecular weight excluding hydrogens is 287 g/mol. The summed E-state index contributed by atoms with van der Waals surface area (Å²) in [4.78, 5) is 11.0. The molecule has 2 rings (SSSR count). The zero-order valence-corrected chi connectivity index (χ0v) is 11.5. The maximum absolute atomic E-state index is 13.0. The molecule has 0 aliphatic carbocycles. The van der Waals surface area contributed by atoms with Crippen molar-refractivity contribution in [3.05, 3.63) is 29.6 Å². The molecule has 110 valence electrons. The lowest BCUT2D eigenvalue weighted by Crippen LogP contribution is -2.39. The van der Waals surface area contributed by atoms with Gasteiger partial charge in [-0.3, -0.25) is 4.72 Å². The normalized spacial score (nSPS) is 16.9. The summed E-state index contributed by atoms with van der Waals surface area (Å²) in [6.07, 6.45) is 2.52. The molecule has 0 unspecified atom stereocenters. The monoisotopic (exact) mass is 302 g/mol. The molecule has 0 amide bonds. The SMILES string of the molecule is O=C(O)c1cc(F)ccc1NS(=O)(=O)N1CCCCC1. The minimum absolute atomic E-state index is 0.135. The third kappa shape index (κ3) is 3.26. The van der Waals surface area contributed by atoms with Gasteiger partial charge in [-0.1, -0.05) is 6.42 Å². The number of anilines is 1. The molecule has 0 saturated carbocycles. The number of halogens is 1. The van der Waals surface area contributed by atoms with Crippen molar-refractivity contribution < 1.29 is 22.7 Å². The van der Waals surface area contributed by atoms with Crippen LogP contribution < -0.4 is 4.72 Å². The Kier molecular flexibility index (Phi) is 4.24. The van der Waals surface area contributed by atoms with E-state index in [1.165, 1.54) is 4.31 Å². The first-order valence-electron chi connectivity index (χ1n) is 6.21. The highest BCUT2D eigenvalue weighted by molar-refractivity contribution is 7.90. The fourth-order valence-corrected chi connectivity index (χ4v) is 3.42. The van der Waals surface area contributed by atoms with Crippen LogP contribution in [-0.4, -0.2) is 36.9 Å². The van der Waals surface area contributed by atoms with Gasteiger partial charge < -0.3 is 5.11 Å². The highest BCUT2D eigenvalue weighted by atomic mass is 32.2. The van der Waals surface area contributed by atoms with Crippen LogP contribution >= 0.6 is 0 Å². The molecule has 1 aromatic carbocycles. The summed E-state index contributed by atoms with van der Waals surface area (Å²) in [7, 11) is -3.81. The molecule has 2 N–H and O–H groups in total. The van der Waals surface area contributed by atoms with E-state index in [0.29, 0.717) is 13.1 Å². The summed E-state index contributed by atoms with van der Waals surface area (Å²) in [5.74, 6) is -2.12. The molecule has 1 aromatic rings. The van der Waals surface area contributed by atoms with Crippen LogP contribution in [-0.2, 0) is 10.2 Å². The lowest BCUT2D eigenvalue weighted by Gasteiger charge is -2.26. The first-order chi connectivity index (χ1) is 9.40. The molecule has 0 atom stereocenters. The van der Waals surface area contributed by atoms with Gasteiger partial charge in [0.25, 0.3) is 0 Å². The van der Waals surface area contributed by atoms with E-state index < -0.39 is 27.6 Å².